The Balaban J connectivity index is 2.25. The van der Waals surface area contributed by atoms with Crippen LogP contribution in [0.1, 0.15) is 21.5 Å². The summed E-state index contributed by atoms with van der Waals surface area (Å²) >= 11 is 3.33. The number of halogens is 1. The molecule has 0 aliphatic rings. The molecule has 2 nitrogen and oxygen atoms in total. The third kappa shape index (κ3) is 2.79. The molecule has 0 heterocycles. The minimum atomic E-state index is 0.0503. The van der Waals surface area contributed by atoms with Gasteiger partial charge in [0, 0.05) is 22.1 Å². The van der Waals surface area contributed by atoms with Crippen LogP contribution in [0.2, 0.25) is 0 Å². The van der Waals surface area contributed by atoms with Crippen LogP contribution in [0.5, 0.6) is 0 Å². The van der Waals surface area contributed by atoms with E-state index in [1.807, 2.05) is 37.3 Å². The lowest BCUT2D eigenvalue weighted by atomic mass is 9.99. The van der Waals surface area contributed by atoms with Gasteiger partial charge in [0.05, 0.1) is 0 Å². The fourth-order valence-electron chi connectivity index (χ4n) is 1.86. The molecule has 0 spiro atoms. The van der Waals surface area contributed by atoms with E-state index in [9.17, 15) is 4.79 Å². The van der Waals surface area contributed by atoms with Crippen LogP contribution in [0.25, 0.3) is 0 Å². The molecule has 0 saturated carbocycles. The summed E-state index contributed by atoms with van der Waals surface area (Å²) < 4.78 is 0.882. The molecule has 3 heteroatoms. The summed E-state index contributed by atoms with van der Waals surface area (Å²) in [6, 6.07) is 13.3. The zero-order chi connectivity index (χ0) is 13.1. The van der Waals surface area contributed by atoms with E-state index in [2.05, 4.69) is 15.9 Å². The lowest BCUT2D eigenvalue weighted by molar-refractivity contribution is 0.0993. The SMILES string of the molecule is Cc1ccccc1CC(=O)c1ccc(Br)cc1N. The van der Waals surface area contributed by atoms with Crippen LogP contribution in [-0.2, 0) is 6.42 Å². The smallest absolute Gasteiger partial charge is 0.169 e. The van der Waals surface area contributed by atoms with Gasteiger partial charge in [-0.3, -0.25) is 4.79 Å². The van der Waals surface area contributed by atoms with Crippen LogP contribution in [-0.4, -0.2) is 5.78 Å². The fraction of sp³-hybridized carbons (Fsp3) is 0.133. The Morgan fingerprint density at radius 1 is 1.22 bits per heavy atom. The average molecular weight is 304 g/mol. The van der Waals surface area contributed by atoms with E-state index in [4.69, 9.17) is 5.73 Å². The first-order chi connectivity index (χ1) is 8.58. The normalized spacial score (nSPS) is 10.3. The molecule has 0 unspecified atom stereocenters. The van der Waals surface area contributed by atoms with E-state index in [1.165, 1.54) is 0 Å². The van der Waals surface area contributed by atoms with Gasteiger partial charge in [0.1, 0.15) is 0 Å². The van der Waals surface area contributed by atoms with Crippen LogP contribution >= 0.6 is 15.9 Å². The molecule has 18 heavy (non-hydrogen) atoms. The number of rotatable bonds is 3. The van der Waals surface area contributed by atoms with Crippen molar-refractivity contribution in [2.45, 2.75) is 13.3 Å². The van der Waals surface area contributed by atoms with Gasteiger partial charge in [0.15, 0.2) is 5.78 Å². The summed E-state index contributed by atoms with van der Waals surface area (Å²) in [4.78, 5) is 12.2. The Hall–Kier alpha value is -1.61. The number of hydrogen-bond donors (Lipinski definition) is 1. The topological polar surface area (TPSA) is 43.1 Å². The van der Waals surface area contributed by atoms with E-state index in [1.54, 1.807) is 12.1 Å². The Morgan fingerprint density at radius 3 is 2.61 bits per heavy atom. The molecule has 2 rings (SSSR count). The summed E-state index contributed by atoms with van der Waals surface area (Å²) in [5.74, 6) is 0.0503. The van der Waals surface area contributed by atoms with Gasteiger partial charge in [0.2, 0.25) is 0 Å². The Morgan fingerprint density at radius 2 is 1.94 bits per heavy atom. The second kappa shape index (κ2) is 5.36. The quantitative estimate of drug-likeness (QED) is 0.693. The molecule has 0 aliphatic heterocycles. The summed E-state index contributed by atoms with van der Waals surface area (Å²) in [5.41, 5.74) is 9.14. The third-order valence-corrected chi connectivity index (χ3v) is 3.42. The van der Waals surface area contributed by atoms with E-state index >= 15 is 0 Å². The highest BCUT2D eigenvalue weighted by atomic mass is 79.9. The number of benzene rings is 2. The van der Waals surface area contributed by atoms with Gasteiger partial charge in [-0.25, -0.2) is 0 Å². The summed E-state index contributed by atoms with van der Waals surface area (Å²) in [5, 5.41) is 0. The Labute approximate surface area is 115 Å². The van der Waals surface area contributed by atoms with E-state index in [-0.39, 0.29) is 5.78 Å². The number of anilines is 1. The van der Waals surface area contributed by atoms with Crippen molar-refractivity contribution in [1.82, 2.24) is 0 Å². The number of nitrogen functional groups attached to an aromatic ring is 1. The standard InChI is InChI=1S/C15H14BrNO/c1-10-4-2-3-5-11(10)8-15(18)13-7-6-12(16)9-14(13)17/h2-7,9H,8,17H2,1H3. The number of hydrogen-bond acceptors (Lipinski definition) is 2. The monoisotopic (exact) mass is 303 g/mol. The lowest BCUT2D eigenvalue weighted by Crippen LogP contribution is -2.07. The highest BCUT2D eigenvalue weighted by Gasteiger charge is 2.11. The maximum atomic E-state index is 12.2. The highest BCUT2D eigenvalue weighted by Crippen LogP contribution is 2.20. The van der Waals surface area contributed by atoms with Crippen molar-refractivity contribution in [3.05, 3.63) is 63.6 Å². The summed E-state index contributed by atoms with van der Waals surface area (Å²) in [7, 11) is 0. The number of ketones is 1. The van der Waals surface area contributed by atoms with Gasteiger partial charge in [-0.15, -0.1) is 0 Å². The molecular weight excluding hydrogens is 290 g/mol. The molecule has 2 aromatic rings. The minimum absolute atomic E-state index is 0.0503. The number of carbonyl (C=O) groups excluding carboxylic acids is 1. The van der Waals surface area contributed by atoms with Crippen molar-refractivity contribution in [2.24, 2.45) is 0 Å². The van der Waals surface area contributed by atoms with E-state index in [0.29, 0.717) is 17.7 Å². The Bertz CT molecular complexity index is 593. The third-order valence-electron chi connectivity index (χ3n) is 2.93. The maximum Gasteiger partial charge on any atom is 0.169 e. The van der Waals surface area contributed by atoms with Crippen molar-refractivity contribution in [1.29, 1.82) is 0 Å². The molecule has 0 aromatic heterocycles. The first kappa shape index (κ1) is 12.8. The number of nitrogens with two attached hydrogens (primary N) is 1. The number of aryl methyl sites for hydroxylation is 1. The minimum Gasteiger partial charge on any atom is -0.398 e. The zero-order valence-corrected chi connectivity index (χ0v) is 11.7. The Kier molecular flexibility index (Phi) is 3.82. The number of Topliss-reactive ketones (excluding diaryl/α,β-unsaturated/α-hetero) is 1. The van der Waals surface area contributed by atoms with Crippen LogP contribution in [0.15, 0.2) is 46.9 Å². The molecule has 0 bridgehead atoms. The second-order valence-corrected chi connectivity index (χ2v) is 5.17. The van der Waals surface area contributed by atoms with Crippen molar-refractivity contribution < 1.29 is 4.79 Å². The first-order valence-electron chi connectivity index (χ1n) is 5.70. The average Bonchev–Trinajstić information content (AvgIpc) is 2.32. The van der Waals surface area contributed by atoms with Gasteiger partial charge < -0.3 is 5.73 Å². The highest BCUT2D eigenvalue weighted by molar-refractivity contribution is 9.10. The van der Waals surface area contributed by atoms with Crippen molar-refractivity contribution in [3.63, 3.8) is 0 Å². The zero-order valence-electron chi connectivity index (χ0n) is 10.1. The van der Waals surface area contributed by atoms with Crippen LogP contribution < -0.4 is 5.73 Å². The molecule has 92 valence electrons. The first-order valence-corrected chi connectivity index (χ1v) is 6.50. The predicted molar refractivity (Wildman–Crippen MR) is 77.8 cm³/mol. The second-order valence-electron chi connectivity index (χ2n) is 4.26. The van der Waals surface area contributed by atoms with Crippen LogP contribution in [0, 0.1) is 6.92 Å². The number of carbonyl (C=O) groups is 1. The van der Waals surface area contributed by atoms with Gasteiger partial charge in [-0.2, -0.15) is 0 Å². The molecule has 0 radical (unpaired) electrons. The molecule has 0 saturated heterocycles. The summed E-state index contributed by atoms with van der Waals surface area (Å²) in [6.07, 6.45) is 0.387. The lowest BCUT2D eigenvalue weighted by Gasteiger charge is -2.07. The molecule has 0 amide bonds. The van der Waals surface area contributed by atoms with Crippen molar-refractivity contribution in [3.8, 4) is 0 Å². The van der Waals surface area contributed by atoms with Crippen LogP contribution in [0.3, 0.4) is 0 Å². The predicted octanol–water partition coefficient (Wildman–Crippen LogP) is 3.77. The van der Waals surface area contributed by atoms with Crippen molar-refractivity contribution >= 4 is 27.4 Å². The van der Waals surface area contributed by atoms with Crippen molar-refractivity contribution in [2.75, 3.05) is 5.73 Å². The van der Waals surface area contributed by atoms with E-state index in [0.717, 1.165) is 15.6 Å². The fourth-order valence-corrected chi connectivity index (χ4v) is 2.24. The summed E-state index contributed by atoms with van der Waals surface area (Å²) in [6.45, 7) is 2.01. The van der Waals surface area contributed by atoms with Gasteiger partial charge in [-0.05, 0) is 36.2 Å². The van der Waals surface area contributed by atoms with Gasteiger partial charge >= 0.3 is 0 Å². The molecule has 0 fully saturated rings. The molecule has 0 atom stereocenters. The largest absolute Gasteiger partial charge is 0.398 e. The maximum absolute atomic E-state index is 12.2. The molecular formula is C15H14BrNO. The van der Waals surface area contributed by atoms with Crippen LogP contribution in [0.4, 0.5) is 5.69 Å². The molecule has 2 N–H and O–H groups in total. The van der Waals surface area contributed by atoms with Gasteiger partial charge in [0.25, 0.3) is 0 Å². The van der Waals surface area contributed by atoms with E-state index < -0.39 is 0 Å². The molecule has 0 aliphatic carbocycles. The van der Waals surface area contributed by atoms with Gasteiger partial charge in [-0.1, -0.05) is 40.2 Å². The molecule has 2 aromatic carbocycles.